The molecule has 1 aromatic rings. The minimum absolute atomic E-state index is 0.00433. The number of nitrogens with zero attached hydrogens (tertiary/aromatic N) is 5. The lowest BCUT2D eigenvalue weighted by Gasteiger charge is -2.47. The molecule has 1 fully saturated rings. The Balaban J connectivity index is 1.59. The molecule has 1 N–H and O–H groups in total. The molecule has 0 saturated carbocycles. The first-order valence-corrected chi connectivity index (χ1v) is 12.3. The van der Waals surface area contributed by atoms with Crippen molar-refractivity contribution in [3.05, 3.63) is 17.2 Å². The number of piperidine rings is 1. The zero-order chi connectivity index (χ0) is 25.6. The van der Waals surface area contributed by atoms with Crippen molar-refractivity contribution in [3.8, 4) is 0 Å². The number of hydrogen-bond donors (Lipinski definition) is 1. The molecule has 0 aliphatic carbocycles. The summed E-state index contributed by atoms with van der Waals surface area (Å²) in [5.41, 5.74) is 0.681. The van der Waals surface area contributed by atoms with Crippen LogP contribution in [0.15, 0.2) is 0 Å². The van der Waals surface area contributed by atoms with Crippen molar-refractivity contribution in [1.82, 2.24) is 24.3 Å². The molecule has 34 heavy (non-hydrogen) atoms. The predicted octanol–water partition coefficient (Wildman–Crippen LogP) is 4.11. The molecule has 2 aliphatic rings. The van der Waals surface area contributed by atoms with Gasteiger partial charge in [-0.15, -0.1) is 0 Å². The highest BCUT2D eigenvalue weighted by Crippen LogP contribution is 2.33. The Morgan fingerprint density at radius 3 is 2.18 bits per heavy atom. The van der Waals surface area contributed by atoms with Gasteiger partial charge >= 0.3 is 12.1 Å². The van der Waals surface area contributed by atoms with E-state index >= 15 is 0 Å². The summed E-state index contributed by atoms with van der Waals surface area (Å²) >= 11 is 0. The maximum Gasteiger partial charge on any atom is 0.408 e. The third-order valence-electron chi connectivity index (χ3n) is 7.12. The highest BCUT2D eigenvalue weighted by molar-refractivity contribution is 5.86. The van der Waals surface area contributed by atoms with Gasteiger partial charge in [0, 0.05) is 25.2 Å². The van der Waals surface area contributed by atoms with Gasteiger partial charge in [0.2, 0.25) is 5.91 Å². The van der Waals surface area contributed by atoms with Crippen molar-refractivity contribution in [3.63, 3.8) is 0 Å². The average molecular weight is 476 g/mol. The van der Waals surface area contributed by atoms with Gasteiger partial charge in [-0.1, -0.05) is 20.8 Å². The number of aryl methyl sites for hydroxylation is 2. The molecule has 190 valence electrons. The van der Waals surface area contributed by atoms with Gasteiger partial charge < -0.3 is 14.9 Å². The second kappa shape index (κ2) is 9.23. The molecule has 0 aromatic carbocycles. The number of fused-ring (bicyclic) bond motifs is 1. The molecule has 2 aliphatic heterocycles. The molecule has 0 spiro atoms. The topological polar surface area (TPSA) is 99.0 Å². The van der Waals surface area contributed by atoms with Crippen LogP contribution in [0.1, 0.15) is 78.0 Å². The lowest BCUT2D eigenvalue weighted by atomic mass is 9.82. The van der Waals surface area contributed by atoms with Crippen molar-refractivity contribution in [2.24, 2.45) is 11.3 Å². The van der Waals surface area contributed by atoms with E-state index in [0.717, 1.165) is 36.5 Å². The van der Waals surface area contributed by atoms with Crippen molar-refractivity contribution < 1.29 is 19.5 Å². The normalized spacial score (nSPS) is 18.3. The Kier molecular flexibility index (Phi) is 7.06. The van der Waals surface area contributed by atoms with Crippen LogP contribution in [0.5, 0.6) is 0 Å². The van der Waals surface area contributed by atoms with Gasteiger partial charge in [0.05, 0.1) is 17.9 Å². The first kappa shape index (κ1) is 26.0. The smallest absolute Gasteiger partial charge is 0.408 e. The molecule has 0 bridgehead atoms. The lowest BCUT2D eigenvalue weighted by Crippen LogP contribution is -2.62. The fraction of sp³-hybridized carbons (Fsp3) is 0.760. The molecule has 1 aromatic heterocycles. The molecule has 3 rings (SSSR count). The summed E-state index contributed by atoms with van der Waals surface area (Å²) in [6.07, 6.45) is 1.55. The fourth-order valence-electron chi connectivity index (χ4n) is 5.32. The average Bonchev–Trinajstić information content (AvgIpc) is 3.18. The van der Waals surface area contributed by atoms with E-state index in [-0.39, 0.29) is 11.9 Å². The van der Waals surface area contributed by atoms with E-state index in [0.29, 0.717) is 32.1 Å². The zero-order valence-electron chi connectivity index (χ0n) is 22.0. The van der Waals surface area contributed by atoms with Crippen molar-refractivity contribution >= 4 is 18.0 Å². The molecule has 0 radical (unpaired) electrons. The summed E-state index contributed by atoms with van der Waals surface area (Å²) in [5, 5.41) is 9.93. The Morgan fingerprint density at radius 1 is 1.12 bits per heavy atom. The number of carbonyl (C=O) groups is 3. The van der Waals surface area contributed by atoms with Crippen LogP contribution in [0, 0.1) is 25.2 Å². The van der Waals surface area contributed by atoms with E-state index in [9.17, 15) is 19.5 Å². The van der Waals surface area contributed by atoms with Crippen molar-refractivity contribution in [1.29, 1.82) is 0 Å². The van der Waals surface area contributed by atoms with Gasteiger partial charge in [-0.3, -0.25) is 14.3 Å². The summed E-state index contributed by atoms with van der Waals surface area (Å²) < 4.78 is 1.71. The van der Waals surface area contributed by atoms with Gasteiger partial charge in [0.15, 0.2) is 0 Å². The summed E-state index contributed by atoms with van der Waals surface area (Å²) in [4.78, 5) is 47.9. The molecule has 9 nitrogen and oxygen atoms in total. The van der Waals surface area contributed by atoms with E-state index in [4.69, 9.17) is 0 Å². The summed E-state index contributed by atoms with van der Waals surface area (Å²) in [5.74, 6) is 1.06. The number of rotatable bonds is 5. The minimum atomic E-state index is -1.07. The van der Waals surface area contributed by atoms with Crippen molar-refractivity contribution in [2.75, 3.05) is 19.6 Å². The van der Waals surface area contributed by atoms with Gasteiger partial charge in [-0.05, 0) is 65.2 Å². The fourth-order valence-corrected chi connectivity index (χ4v) is 5.32. The molecule has 1 saturated heterocycles. The van der Waals surface area contributed by atoms with E-state index < -0.39 is 23.1 Å². The number of amides is 3. The Hall–Kier alpha value is -2.58. The van der Waals surface area contributed by atoms with Crippen LogP contribution in [0.4, 0.5) is 9.59 Å². The molecular weight excluding hydrogens is 434 g/mol. The van der Waals surface area contributed by atoms with Gasteiger partial charge in [0.25, 0.3) is 0 Å². The molecule has 1 atom stereocenters. The van der Waals surface area contributed by atoms with E-state index in [1.54, 1.807) is 4.57 Å². The van der Waals surface area contributed by atoms with Crippen LogP contribution >= 0.6 is 0 Å². The maximum atomic E-state index is 13.6. The second-order valence-electron chi connectivity index (χ2n) is 11.9. The second-order valence-corrected chi connectivity index (χ2v) is 11.9. The number of imidazole rings is 1. The largest absolute Gasteiger partial charge is 0.465 e. The van der Waals surface area contributed by atoms with Gasteiger partial charge in [-0.2, -0.15) is 0 Å². The van der Waals surface area contributed by atoms with E-state index in [2.05, 4.69) is 4.98 Å². The lowest BCUT2D eigenvalue weighted by molar-refractivity contribution is -0.144. The highest BCUT2D eigenvalue weighted by atomic mass is 16.4. The number of hydrogen-bond acceptors (Lipinski definition) is 4. The number of carbonyl (C=O) groups excluding carboxylic acids is 2. The Bertz CT molecular complexity index is 948. The van der Waals surface area contributed by atoms with Crippen LogP contribution in [0.25, 0.3) is 0 Å². The third kappa shape index (κ3) is 5.08. The molecule has 0 unspecified atom stereocenters. The van der Waals surface area contributed by atoms with Crippen LogP contribution in [0.3, 0.4) is 0 Å². The minimum Gasteiger partial charge on any atom is -0.465 e. The Labute approximate surface area is 203 Å². The molecular formula is C25H41N5O4. The predicted molar refractivity (Wildman–Crippen MR) is 130 cm³/mol. The molecule has 3 heterocycles. The van der Waals surface area contributed by atoms with E-state index in [1.165, 1.54) is 4.90 Å². The zero-order valence-corrected chi connectivity index (χ0v) is 22.0. The van der Waals surface area contributed by atoms with Gasteiger partial charge in [-0.25, -0.2) is 14.6 Å². The molecule has 3 amide bonds. The number of aromatic nitrogens is 2. The molecule has 9 heteroatoms. The monoisotopic (exact) mass is 475 g/mol. The van der Waals surface area contributed by atoms with Crippen LogP contribution in [0.2, 0.25) is 0 Å². The van der Waals surface area contributed by atoms with Crippen LogP contribution in [-0.4, -0.2) is 78.6 Å². The van der Waals surface area contributed by atoms with Gasteiger partial charge in [0.1, 0.15) is 11.9 Å². The van der Waals surface area contributed by atoms with Crippen LogP contribution in [-0.2, 0) is 11.3 Å². The van der Waals surface area contributed by atoms with Crippen LogP contribution < -0.4 is 0 Å². The maximum absolute atomic E-state index is 13.6. The number of likely N-dealkylation sites (tertiary alicyclic amines) is 1. The number of carboxylic acid groups (broad SMARTS) is 1. The standard InChI is InChI=1S/C25H41N5O4/c1-16-19-15-28(22(32)29(19)17(2)26-16)14-11-18-9-12-27(13-10-18)21(31)20(24(3,4)5)30(23(33)34)25(6,7)8/h18,20H,9-15H2,1-8H3,(H,33,34)/t20-/m0/s1. The first-order chi connectivity index (χ1) is 15.6. The highest BCUT2D eigenvalue weighted by Gasteiger charge is 2.46. The van der Waals surface area contributed by atoms with E-state index in [1.807, 2.05) is 65.2 Å². The summed E-state index contributed by atoms with van der Waals surface area (Å²) in [6, 6.07) is -0.747. The third-order valence-corrected chi connectivity index (χ3v) is 7.12. The quantitative estimate of drug-likeness (QED) is 0.691. The SMILES string of the molecule is Cc1nc(C)n2c1CN(CCC1CCN(C(=O)[C@H](N(C(=O)O)C(C)(C)C)C(C)(C)C)CC1)C2=O. The summed E-state index contributed by atoms with van der Waals surface area (Å²) in [7, 11) is 0. The Morgan fingerprint density at radius 2 is 1.71 bits per heavy atom. The first-order valence-electron chi connectivity index (χ1n) is 12.3. The van der Waals surface area contributed by atoms with Crippen molar-refractivity contribution in [2.45, 2.75) is 92.8 Å². The summed E-state index contributed by atoms with van der Waals surface area (Å²) in [6.45, 7) is 17.6.